The van der Waals surface area contributed by atoms with Crippen molar-refractivity contribution in [2.45, 2.75) is 52.4 Å². The van der Waals surface area contributed by atoms with Crippen molar-refractivity contribution in [3.8, 4) is 11.3 Å². The fourth-order valence-corrected chi connectivity index (χ4v) is 4.96. The van der Waals surface area contributed by atoms with Crippen LogP contribution in [0.4, 0.5) is 0 Å². The van der Waals surface area contributed by atoms with Crippen molar-refractivity contribution in [1.29, 1.82) is 0 Å². The molecule has 1 saturated heterocycles. The highest BCUT2D eigenvalue weighted by Crippen LogP contribution is 2.38. The number of aromatic amines is 1. The summed E-state index contributed by atoms with van der Waals surface area (Å²) in [6.45, 7) is 9.77. The van der Waals surface area contributed by atoms with Crippen LogP contribution in [0.5, 0.6) is 0 Å². The van der Waals surface area contributed by atoms with Crippen LogP contribution in [0.1, 0.15) is 61.0 Å². The number of amides is 2. The summed E-state index contributed by atoms with van der Waals surface area (Å²) in [4.78, 5) is 33.7. The van der Waals surface area contributed by atoms with Gasteiger partial charge in [-0.15, -0.1) is 0 Å². The number of hydrogen-bond acceptors (Lipinski definition) is 3. The maximum absolute atomic E-state index is 12.2. The van der Waals surface area contributed by atoms with E-state index in [-0.39, 0.29) is 0 Å². The highest BCUT2D eigenvalue weighted by Gasteiger charge is 2.27. The molecule has 0 saturated carbocycles. The number of carbonyl (C=O) groups is 2. The summed E-state index contributed by atoms with van der Waals surface area (Å²) in [5.74, 6) is -0.207. The van der Waals surface area contributed by atoms with Gasteiger partial charge in [-0.2, -0.15) is 0 Å². The maximum Gasteiger partial charge on any atom is 0.311 e. The minimum atomic E-state index is -0.534. The molecule has 1 fully saturated rings. The molecule has 0 unspecified atom stereocenters. The predicted octanol–water partition coefficient (Wildman–Crippen LogP) is 4.42. The van der Waals surface area contributed by atoms with Crippen LogP contribution in [-0.2, 0) is 9.59 Å². The Balaban J connectivity index is 1.65. The molecule has 3 heterocycles. The lowest BCUT2D eigenvalue weighted by atomic mass is 9.87. The summed E-state index contributed by atoms with van der Waals surface area (Å²) in [5.41, 5.74) is 8.17. The monoisotopic (exact) mass is 432 g/mol. The number of H-pyrrole nitrogens is 1. The number of pyridine rings is 1. The van der Waals surface area contributed by atoms with E-state index in [0.29, 0.717) is 24.9 Å². The molecular formula is C26H32N4O2. The molecule has 4 rings (SSSR count). The average molecular weight is 433 g/mol. The number of likely N-dealkylation sites (N-methyl/N-ethyl adjacent to an activating group) is 1. The average Bonchev–Trinajstić information content (AvgIpc) is 3.16. The number of piperidine rings is 1. The molecule has 0 atom stereocenters. The SMILES string of the molecule is CNC(=O)C(=O)N1CCC(c2ccc3[nH]c(-c4cc(C)nc(C)c4)c(C(C)C)c3c2)CC1. The van der Waals surface area contributed by atoms with E-state index in [0.717, 1.165) is 29.7 Å². The van der Waals surface area contributed by atoms with E-state index < -0.39 is 11.8 Å². The van der Waals surface area contributed by atoms with Crippen LogP contribution in [0.3, 0.4) is 0 Å². The van der Waals surface area contributed by atoms with Gasteiger partial charge in [-0.25, -0.2) is 0 Å². The number of likely N-dealkylation sites (tertiary alicyclic amines) is 1. The fraction of sp³-hybridized carbons (Fsp3) is 0.423. The van der Waals surface area contributed by atoms with Crippen molar-refractivity contribution in [1.82, 2.24) is 20.2 Å². The van der Waals surface area contributed by atoms with Crippen molar-refractivity contribution >= 4 is 22.7 Å². The topological polar surface area (TPSA) is 78.1 Å². The van der Waals surface area contributed by atoms with E-state index in [2.05, 4.69) is 59.5 Å². The molecule has 1 aromatic carbocycles. The Morgan fingerprint density at radius 2 is 1.75 bits per heavy atom. The minimum Gasteiger partial charge on any atom is -0.354 e. The first kappa shape index (κ1) is 22.1. The lowest BCUT2D eigenvalue weighted by Gasteiger charge is -2.31. The molecule has 168 valence electrons. The first-order valence-electron chi connectivity index (χ1n) is 11.4. The van der Waals surface area contributed by atoms with Crippen molar-refractivity contribution in [3.63, 3.8) is 0 Å². The largest absolute Gasteiger partial charge is 0.354 e. The Morgan fingerprint density at radius 3 is 2.34 bits per heavy atom. The Morgan fingerprint density at radius 1 is 1.09 bits per heavy atom. The maximum atomic E-state index is 12.2. The Bertz CT molecular complexity index is 1150. The van der Waals surface area contributed by atoms with Gasteiger partial charge in [0.25, 0.3) is 0 Å². The minimum absolute atomic E-state index is 0.370. The smallest absolute Gasteiger partial charge is 0.311 e. The highest BCUT2D eigenvalue weighted by molar-refractivity contribution is 6.34. The third kappa shape index (κ3) is 4.14. The van der Waals surface area contributed by atoms with Crippen LogP contribution in [0.25, 0.3) is 22.2 Å². The second-order valence-corrected chi connectivity index (χ2v) is 9.16. The molecule has 0 bridgehead atoms. The highest BCUT2D eigenvalue weighted by atomic mass is 16.2. The van der Waals surface area contributed by atoms with Gasteiger partial charge in [-0.1, -0.05) is 19.9 Å². The Labute approximate surface area is 189 Å². The number of benzene rings is 1. The van der Waals surface area contributed by atoms with Gasteiger partial charge >= 0.3 is 11.8 Å². The lowest BCUT2D eigenvalue weighted by Crippen LogP contribution is -2.45. The van der Waals surface area contributed by atoms with E-state index in [1.54, 1.807) is 4.90 Å². The Hall–Kier alpha value is -3.15. The lowest BCUT2D eigenvalue weighted by molar-refractivity contribution is -0.146. The van der Waals surface area contributed by atoms with E-state index in [1.165, 1.54) is 34.8 Å². The van der Waals surface area contributed by atoms with E-state index >= 15 is 0 Å². The summed E-state index contributed by atoms with van der Waals surface area (Å²) in [6.07, 6.45) is 1.73. The number of hydrogen-bond donors (Lipinski definition) is 2. The number of nitrogens with zero attached hydrogens (tertiary/aromatic N) is 2. The van der Waals surface area contributed by atoms with Crippen LogP contribution >= 0.6 is 0 Å². The molecule has 6 nitrogen and oxygen atoms in total. The second kappa shape index (κ2) is 8.77. The molecule has 0 spiro atoms. The molecule has 2 aromatic heterocycles. The number of rotatable bonds is 3. The van der Waals surface area contributed by atoms with Crippen LogP contribution in [0.2, 0.25) is 0 Å². The summed E-state index contributed by atoms with van der Waals surface area (Å²) in [7, 11) is 1.49. The summed E-state index contributed by atoms with van der Waals surface area (Å²) in [6, 6.07) is 11.0. The first-order valence-corrected chi connectivity index (χ1v) is 11.4. The Kier molecular flexibility index (Phi) is 6.04. The van der Waals surface area contributed by atoms with E-state index in [1.807, 2.05) is 13.8 Å². The van der Waals surface area contributed by atoms with Gasteiger partial charge in [0, 0.05) is 48.0 Å². The van der Waals surface area contributed by atoms with Crippen molar-refractivity contribution in [2.75, 3.05) is 20.1 Å². The van der Waals surface area contributed by atoms with Gasteiger partial charge in [-0.05, 0) is 73.9 Å². The normalized spacial score (nSPS) is 14.9. The van der Waals surface area contributed by atoms with Crippen molar-refractivity contribution in [3.05, 3.63) is 52.8 Å². The zero-order valence-corrected chi connectivity index (χ0v) is 19.6. The zero-order valence-electron chi connectivity index (χ0n) is 19.6. The van der Waals surface area contributed by atoms with Gasteiger partial charge in [0.1, 0.15) is 0 Å². The van der Waals surface area contributed by atoms with Gasteiger partial charge in [0.05, 0.1) is 5.69 Å². The van der Waals surface area contributed by atoms with Crippen LogP contribution in [0.15, 0.2) is 30.3 Å². The summed E-state index contributed by atoms with van der Waals surface area (Å²) >= 11 is 0. The quantitative estimate of drug-likeness (QED) is 0.601. The van der Waals surface area contributed by atoms with Crippen LogP contribution in [0, 0.1) is 13.8 Å². The molecule has 1 aliphatic heterocycles. The molecule has 1 aliphatic rings. The fourth-order valence-electron chi connectivity index (χ4n) is 4.96. The van der Waals surface area contributed by atoms with Crippen LogP contribution < -0.4 is 5.32 Å². The molecule has 32 heavy (non-hydrogen) atoms. The standard InChI is InChI=1S/C26H32N4O2/c1-15(2)23-21-14-19(18-8-10-30(11-9-18)26(32)25(31)27-5)6-7-22(21)29-24(23)20-12-16(3)28-17(4)13-20/h6-7,12-15,18,29H,8-11H2,1-5H3,(H,27,31). The van der Waals surface area contributed by atoms with Gasteiger partial charge < -0.3 is 15.2 Å². The second-order valence-electron chi connectivity index (χ2n) is 9.16. The third-order valence-corrected chi connectivity index (χ3v) is 6.49. The van der Waals surface area contributed by atoms with Crippen molar-refractivity contribution in [2.24, 2.45) is 0 Å². The van der Waals surface area contributed by atoms with Crippen molar-refractivity contribution < 1.29 is 9.59 Å². The number of fused-ring (bicyclic) bond motifs is 1. The molecular weight excluding hydrogens is 400 g/mol. The number of aryl methyl sites for hydroxylation is 2. The van der Waals surface area contributed by atoms with Gasteiger partial charge in [-0.3, -0.25) is 14.6 Å². The van der Waals surface area contributed by atoms with Gasteiger partial charge in [0.2, 0.25) is 0 Å². The molecule has 2 amide bonds. The number of nitrogens with one attached hydrogen (secondary N) is 2. The molecule has 0 radical (unpaired) electrons. The molecule has 3 aromatic rings. The first-order chi connectivity index (χ1) is 15.3. The van der Waals surface area contributed by atoms with Crippen LogP contribution in [-0.4, -0.2) is 46.8 Å². The number of aromatic nitrogens is 2. The number of carbonyl (C=O) groups excluding carboxylic acids is 2. The zero-order chi connectivity index (χ0) is 23.0. The summed E-state index contributed by atoms with van der Waals surface area (Å²) in [5, 5.41) is 3.69. The molecule has 6 heteroatoms. The van der Waals surface area contributed by atoms with E-state index in [9.17, 15) is 9.59 Å². The predicted molar refractivity (Wildman–Crippen MR) is 128 cm³/mol. The molecule has 2 N–H and O–H groups in total. The van der Waals surface area contributed by atoms with E-state index in [4.69, 9.17) is 0 Å². The summed E-state index contributed by atoms with van der Waals surface area (Å²) < 4.78 is 0. The third-order valence-electron chi connectivity index (χ3n) is 6.49. The van der Waals surface area contributed by atoms with Gasteiger partial charge in [0.15, 0.2) is 0 Å². The molecule has 0 aliphatic carbocycles.